The van der Waals surface area contributed by atoms with Crippen LogP contribution in [0.3, 0.4) is 0 Å². The van der Waals surface area contributed by atoms with Crippen molar-refractivity contribution < 1.29 is 79.4 Å². The SMILES string of the molecule is COC(CC(F)(F)C(F)(F)C(F)(F)C(F)(F)C(F)(F)C(F)(F)C(F)(F)C(F)(F)F)c1cccc(C(C)C)c1. The molecular formula is C20H17F17O. The molecule has 1 aromatic rings. The molecular weight excluding hydrogens is 579 g/mol. The molecule has 1 nitrogen and oxygen atoms in total. The quantitative estimate of drug-likeness (QED) is 0.232. The maximum Gasteiger partial charge on any atom is 0.460 e. The highest BCUT2D eigenvalue weighted by atomic mass is 19.4. The third-order valence-corrected chi connectivity index (χ3v) is 5.46. The highest BCUT2D eigenvalue weighted by Gasteiger charge is 2.95. The Morgan fingerprint density at radius 2 is 0.947 bits per heavy atom. The van der Waals surface area contributed by atoms with Crippen molar-refractivity contribution in [3.05, 3.63) is 35.4 Å². The molecule has 0 saturated heterocycles. The number of rotatable bonds is 11. The Hall–Kier alpha value is -2.01. The number of hydrogen-bond acceptors (Lipinski definition) is 1. The Labute approximate surface area is 202 Å². The smallest absolute Gasteiger partial charge is 0.377 e. The molecule has 0 amide bonds. The number of hydrogen-bond donors (Lipinski definition) is 0. The molecule has 222 valence electrons. The van der Waals surface area contributed by atoms with E-state index in [1.54, 1.807) is 13.8 Å². The Balaban J connectivity index is 3.59. The van der Waals surface area contributed by atoms with E-state index in [4.69, 9.17) is 0 Å². The molecule has 0 radical (unpaired) electrons. The molecule has 0 aliphatic carbocycles. The summed E-state index contributed by atoms with van der Waals surface area (Å²) in [5, 5.41) is 0. The molecule has 0 N–H and O–H groups in total. The lowest BCUT2D eigenvalue weighted by atomic mass is 9.87. The predicted octanol–water partition coefficient (Wildman–Crippen LogP) is 8.90. The van der Waals surface area contributed by atoms with Crippen molar-refractivity contribution in [3.63, 3.8) is 0 Å². The first-order valence-electron chi connectivity index (χ1n) is 9.92. The van der Waals surface area contributed by atoms with Gasteiger partial charge < -0.3 is 4.74 Å². The summed E-state index contributed by atoms with van der Waals surface area (Å²) >= 11 is 0. The van der Waals surface area contributed by atoms with Crippen molar-refractivity contribution in [1.29, 1.82) is 0 Å². The van der Waals surface area contributed by atoms with E-state index in [1.165, 1.54) is 6.07 Å². The lowest BCUT2D eigenvalue weighted by molar-refractivity contribution is -0.462. The highest BCUT2D eigenvalue weighted by Crippen LogP contribution is 2.64. The molecule has 0 saturated carbocycles. The highest BCUT2D eigenvalue weighted by molar-refractivity contribution is 5.28. The summed E-state index contributed by atoms with van der Waals surface area (Å²) in [5.74, 6) is -56.9. The second-order valence-electron chi connectivity index (χ2n) is 8.40. The lowest BCUT2D eigenvalue weighted by Gasteiger charge is -2.43. The monoisotopic (exact) mass is 596 g/mol. The van der Waals surface area contributed by atoms with E-state index in [1.807, 2.05) is 0 Å². The molecule has 0 aromatic heterocycles. The van der Waals surface area contributed by atoms with Crippen LogP contribution in [-0.4, -0.2) is 54.7 Å². The van der Waals surface area contributed by atoms with Gasteiger partial charge in [0.1, 0.15) is 0 Å². The van der Waals surface area contributed by atoms with Crippen LogP contribution >= 0.6 is 0 Å². The summed E-state index contributed by atoms with van der Waals surface area (Å²) in [7, 11) is 0.557. The first-order valence-corrected chi connectivity index (χ1v) is 9.92. The Morgan fingerprint density at radius 3 is 1.32 bits per heavy atom. The fraction of sp³-hybridized carbons (Fsp3) is 0.700. The molecule has 18 heteroatoms. The van der Waals surface area contributed by atoms with E-state index >= 15 is 0 Å². The molecule has 0 bridgehead atoms. The summed E-state index contributed by atoms with van der Waals surface area (Å²) in [6.07, 6.45) is -12.8. The minimum Gasteiger partial charge on any atom is -0.377 e. The van der Waals surface area contributed by atoms with Crippen LogP contribution in [0, 0.1) is 0 Å². The molecule has 38 heavy (non-hydrogen) atoms. The first-order chi connectivity index (χ1) is 16.6. The third-order valence-electron chi connectivity index (χ3n) is 5.46. The molecule has 0 heterocycles. The van der Waals surface area contributed by atoms with Crippen molar-refractivity contribution in [1.82, 2.24) is 0 Å². The van der Waals surface area contributed by atoms with Crippen LogP contribution in [0.4, 0.5) is 74.6 Å². The predicted molar refractivity (Wildman–Crippen MR) is 95.6 cm³/mol. The van der Waals surface area contributed by atoms with Gasteiger partial charge in [-0.05, 0) is 17.0 Å². The summed E-state index contributed by atoms with van der Waals surface area (Å²) in [5.41, 5.74) is -0.102. The number of alkyl halides is 17. The minimum atomic E-state index is -8.64. The molecule has 1 unspecified atom stereocenters. The van der Waals surface area contributed by atoms with Crippen LogP contribution in [0.1, 0.15) is 43.4 Å². The number of benzene rings is 1. The lowest BCUT2D eigenvalue weighted by Crippen LogP contribution is -2.74. The van der Waals surface area contributed by atoms with E-state index < -0.39 is 65.7 Å². The number of methoxy groups -OCH3 is 1. The van der Waals surface area contributed by atoms with Crippen molar-refractivity contribution >= 4 is 0 Å². The summed E-state index contributed by atoms with van der Waals surface area (Å²) < 4.78 is 233. The number of halogens is 17. The fourth-order valence-electron chi connectivity index (χ4n) is 3.01. The van der Waals surface area contributed by atoms with Gasteiger partial charge in [-0.3, -0.25) is 0 Å². The minimum absolute atomic E-state index is 0.337. The number of ether oxygens (including phenoxy) is 1. The van der Waals surface area contributed by atoms with E-state index in [0.717, 1.165) is 18.2 Å². The van der Waals surface area contributed by atoms with Gasteiger partial charge in [-0.25, -0.2) is 0 Å². The van der Waals surface area contributed by atoms with Gasteiger partial charge in [-0.1, -0.05) is 38.1 Å². The van der Waals surface area contributed by atoms with Gasteiger partial charge in [-0.2, -0.15) is 74.6 Å². The maximum absolute atomic E-state index is 14.3. The zero-order valence-electron chi connectivity index (χ0n) is 19.0. The van der Waals surface area contributed by atoms with Crippen LogP contribution in [-0.2, 0) is 4.74 Å². The largest absolute Gasteiger partial charge is 0.460 e. The molecule has 0 aliphatic rings. The topological polar surface area (TPSA) is 9.23 Å². The first kappa shape index (κ1) is 34.0. The van der Waals surface area contributed by atoms with Crippen LogP contribution in [0.5, 0.6) is 0 Å². The molecule has 1 atom stereocenters. The van der Waals surface area contributed by atoms with Crippen LogP contribution < -0.4 is 0 Å². The van der Waals surface area contributed by atoms with Gasteiger partial charge in [0.2, 0.25) is 0 Å². The van der Waals surface area contributed by atoms with E-state index in [2.05, 4.69) is 4.74 Å². The van der Waals surface area contributed by atoms with Crippen LogP contribution in [0.25, 0.3) is 0 Å². The van der Waals surface area contributed by atoms with Gasteiger partial charge in [0.05, 0.1) is 6.10 Å². The van der Waals surface area contributed by atoms with E-state index in [-0.39, 0.29) is 5.92 Å². The Bertz CT molecular complexity index is 965. The van der Waals surface area contributed by atoms with E-state index in [0.29, 0.717) is 12.7 Å². The maximum atomic E-state index is 14.3. The zero-order valence-corrected chi connectivity index (χ0v) is 19.0. The van der Waals surface area contributed by atoms with Gasteiger partial charge in [0.25, 0.3) is 0 Å². The van der Waals surface area contributed by atoms with E-state index in [9.17, 15) is 74.6 Å². The third kappa shape index (κ3) is 5.00. The van der Waals surface area contributed by atoms with Crippen molar-refractivity contribution in [2.24, 2.45) is 0 Å². The summed E-state index contributed by atoms with van der Waals surface area (Å²) in [6.45, 7) is 3.12. The summed E-state index contributed by atoms with van der Waals surface area (Å²) in [4.78, 5) is 0. The second-order valence-corrected chi connectivity index (χ2v) is 8.40. The summed E-state index contributed by atoms with van der Waals surface area (Å²) in [6, 6.07) is 4.50. The normalized spacial score (nSPS) is 16.2. The Morgan fingerprint density at radius 1 is 0.579 bits per heavy atom. The van der Waals surface area contributed by atoms with Gasteiger partial charge >= 0.3 is 47.6 Å². The van der Waals surface area contributed by atoms with Gasteiger partial charge in [0.15, 0.2) is 0 Å². The molecule has 1 rings (SSSR count). The van der Waals surface area contributed by atoms with Crippen LogP contribution in [0.15, 0.2) is 24.3 Å². The zero-order chi connectivity index (χ0) is 30.6. The molecule has 0 fully saturated rings. The van der Waals surface area contributed by atoms with Crippen molar-refractivity contribution in [2.75, 3.05) is 7.11 Å². The average molecular weight is 596 g/mol. The molecule has 0 spiro atoms. The van der Waals surface area contributed by atoms with Crippen LogP contribution in [0.2, 0.25) is 0 Å². The van der Waals surface area contributed by atoms with Gasteiger partial charge in [-0.15, -0.1) is 0 Å². The average Bonchev–Trinajstić information content (AvgIpc) is 2.75. The second kappa shape index (κ2) is 9.87. The Kier molecular flexibility index (Phi) is 8.84. The van der Waals surface area contributed by atoms with Gasteiger partial charge in [0, 0.05) is 13.5 Å². The van der Waals surface area contributed by atoms with Crippen molar-refractivity contribution in [2.45, 2.75) is 79.9 Å². The standard InChI is InChI=1S/C20H17F17O/c1-9(2)10-5-4-6-11(7-10)12(38-3)8-13(21,22)14(23,24)15(25,26)16(27,28)17(29,30)18(31,32)19(33,34)20(35,36)37/h4-7,9,12H,8H2,1-3H3. The molecule has 0 aliphatic heterocycles. The fourth-order valence-corrected chi connectivity index (χ4v) is 3.01. The van der Waals surface area contributed by atoms with Crippen molar-refractivity contribution in [3.8, 4) is 0 Å². The molecule has 1 aromatic carbocycles.